The van der Waals surface area contributed by atoms with Crippen LogP contribution in [0.2, 0.25) is 0 Å². The summed E-state index contributed by atoms with van der Waals surface area (Å²) in [4.78, 5) is 24.9. The minimum Gasteiger partial charge on any atom is -0.475 e. The number of aromatic nitrogens is 2. The summed E-state index contributed by atoms with van der Waals surface area (Å²) >= 11 is 0. The summed E-state index contributed by atoms with van der Waals surface area (Å²) in [5.74, 6) is -2.51. The Morgan fingerprint density at radius 2 is 1.93 bits per heavy atom. The van der Waals surface area contributed by atoms with Gasteiger partial charge in [0.25, 0.3) is 0 Å². The maximum absolute atomic E-state index is 11.8. The number of likely N-dealkylation sites (tertiary alicyclic amines) is 1. The summed E-state index contributed by atoms with van der Waals surface area (Å²) in [5, 5.41) is 21.0. The number of carboxylic acids is 1. The maximum atomic E-state index is 11.8. The lowest BCUT2D eigenvalue weighted by Gasteiger charge is -2.17. The topological polar surface area (TPSA) is 98.9 Å². The summed E-state index contributed by atoms with van der Waals surface area (Å²) in [7, 11) is 0. The number of rotatable bonds is 5. The van der Waals surface area contributed by atoms with Crippen molar-refractivity contribution >= 4 is 11.9 Å². The molecule has 1 saturated heterocycles. The number of aliphatic carboxylic acids is 1. The van der Waals surface area contributed by atoms with Crippen molar-refractivity contribution < 1.29 is 33.0 Å². The molecule has 0 aliphatic carbocycles. The lowest BCUT2D eigenvalue weighted by molar-refractivity contribution is -0.192. The second kappa shape index (κ2) is 8.91. The van der Waals surface area contributed by atoms with Crippen molar-refractivity contribution in [1.82, 2.24) is 19.6 Å². The number of nitrogens with zero attached hydrogens (tertiary/aromatic N) is 4. The first-order valence-electron chi connectivity index (χ1n) is 9.04. The van der Waals surface area contributed by atoms with E-state index in [0.717, 1.165) is 31.7 Å². The number of fused-ring (bicyclic) bond motifs is 1. The normalized spacial score (nSPS) is 17.1. The Morgan fingerprint density at radius 1 is 1.29 bits per heavy atom. The highest BCUT2D eigenvalue weighted by molar-refractivity contribution is 5.78. The Hall–Kier alpha value is -2.14. The number of β-amino-alcohol motifs (C(OH)–C–C–N with tert-alkyl or cyclic N) is 1. The lowest BCUT2D eigenvalue weighted by Crippen LogP contribution is -2.26. The van der Waals surface area contributed by atoms with Crippen molar-refractivity contribution in [3.05, 3.63) is 17.0 Å². The van der Waals surface area contributed by atoms with Crippen LogP contribution in [0.5, 0.6) is 0 Å². The van der Waals surface area contributed by atoms with Crippen LogP contribution in [0.3, 0.4) is 0 Å². The second-order valence-corrected chi connectivity index (χ2v) is 7.07. The van der Waals surface area contributed by atoms with Crippen molar-refractivity contribution in [1.29, 1.82) is 0 Å². The molecule has 0 atom stereocenters. The molecular formula is C17H25F3N4O4. The van der Waals surface area contributed by atoms with Crippen LogP contribution >= 0.6 is 0 Å². The van der Waals surface area contributed by atoms with Gasteiger partial charge in [-0.3, -0.25) is 14.4 Å². The first kappa shape index (κ1) is 22.2. The Morgan fingerprint density at radius 3 is 2.39 bits per heavy atom. The molecule has 1 amide bonds. The molecule has 0 bridgehead atoms. The van der Waals surface area contributed by atoms with Crippen LogP contribution in [-0.4, -0.2) is 67.5 Å². The molecule has 1 aromatic heterocycles. The molecule has 0 unspecified atom stereocenters. The molecule has 0 spiro atoms. The molecule has 3 heterocycles. The van der Waals surface area contributed by atoms with E-state index in [4.69, 9.17) is 20.1 Å². The molecule has 0 saturated carbocycles. The molecule has 1 aromatic rings. The van der Waals surface area contributed by atoms with Crippen LogP contribution in [0.15, 0.2) is 0 Å². The fourth-order valence-corrected chi connectivity index (χ4v) is 3.30. The number of aliphatic hydroxyl groups excluding tert-OH is 1. The first-order valence-corrected chi connectivity index (χ1v) is 9.04. The van der Waals surface area contributed by atoms with Gasteiger partial charge in [0, 0.05) is 44.2 Å². The van der Waals surface area contributed by atoms with Gasteiger partial charge >= 0.3 is 12.1 Å². The zero-order valence-electron chi connectivity index (χ0n) is 15.9. The predicted octanol–water partition coefficient (Wildman–Crippen LogP) is 1.53. The highest BCUT2D eigenvalue weighted by Crippen LogP contribution is 2.29. The van der Waals surface area contributed by atoms with E-state index in [1.807, 2.05) is 4.90 Å². The minimum absolute atomic E-state index is 0.180. The third-order valence-electron chi connectivity index (χ3n) is 4.62. The smallest absolute Gasteiger partial charge is 0.475 e. The number of hydrogen-bond acceptors (Lipinski definition) is 5. The van der Waals surface area contributed by atoms with E-state index in [0.29, 0.717) is 25.6 Å². The van der Waals surface area contributed by atoms with E-state index in [2.05, 4.69) is 23.4 Å². The van der Waals surface area contributed by atoms with Crippen molar-refractivity contribution in [2.75, 3.05) is 19.7 Å². The predicted molar refractivity (Wildman–Crippen MR) is 92.2 cm³/mol. The fourth-order valence-electron chi connectivity index (χ4n) is 3.30. The lowest BCUT2D eigenvalue weighted by atomic mass is 10.2. The van der Waals surface area contributed by atoms with Crippen molar-refractivity contribution in [2.45, 2.75) is 58.5 Å². The SMILES string of the molecule is CC(C)n1nc(CN2CCCC2=O)c2c1CN(CCO)C2.O=C(O)C(F)(F)F. The fraction of sp³-hybridized carbons (Fsp3) is 0.706. The van der Waals surface area contributed by atoms with Crippen LogP contribution in [-0.2, 0) is 29.2 Å². The van der Waals surface area contributed by atoms with Gasteiger partial charge in [-0.2, -0.15) is 18.3 Å². The van der Waals surface area contributed by atoms with Gasteiger partial charge in [0.2, 0.25) is 5.91 Å². The third-order valence-corrected chi connectivity index (χ3v) is 4.62. The number of carbonyl (C=O) groups excluding carboxylic acids is 1. The summed E-state index contributed by atoms with van der Waals surface area (Å²) in [6, 6.07) is 0.316. The number of alkyl halides is 3. The first-order chi connectivity index (χ1) is 13.0. The number of aliphatic hydroxyl groups is 1. The number of carboxylic acid groups (broad SMARTS) is 1. The van der Waals surface area contributed by atoms with E-state index in [1.165, 1.54) is 11.3 Å². The molecule has 0 radical (unpaired) electrons. The molecule has 2 N–H and O–H groups in total. The number of amides is 1. The zero-order valence-corrected chi connectivity index (χ0v) is 15.9. The maximum Gasteiger partial charge on any atom is 0.490 e. The molecule has 3 rings (SSSR count). The number of hydrogen-bond donors (Lipinski definition) is 2. The number of carbonyl (C=O) groups is 2. The van der Waals surface area contributed by atoms with Gasteiger partial charge in [-0.05, 0) is 20.3 Å². The van der Waals surface area contributed by atoms with E-state index < -0.39 is 12.1 Å². The standard InChI is InChI=1S/C15H24N4O2.C2HF3O2/c1-11(2)19-14-10-17(6-7-20)8-12(14)13(16-19)9-18-5-3-4-15(18)21;3-2(4,5)1(6)7/h11,20H,3-10H2,1-2H3;(H,6,7). The quantitative estimate of drug-likeness (QED) is 0.770. The van der Waals surface area contributed by atoms with Gasteiger partial charge in [0.05, 0.1) is 24.5 Å². The van der Waals surface area contributed by atoms with Crippen LogP contribution in [0.25, 0.3) is 0 Å². The van der Waals surface area contributed by atoms with Crippen molar-refractivity contribution in [3.63, 3.8) is 0 Å². The molecule has 28 heavy (non-hydrogen) atoms. The van der Waals surface area contributed by atoms with Gasteiger partial charge in [-0.15, -0.1) is 0 Å². The average Bonchev–Trinajstić information content (AvgIpc) is 3.25. The Bertz CT molecular complexity index is 718. The van der Waals surface area contributed by atoms with Crippen molar-refractivity contribution in [3.8, 4) is 0 Å². The Balaban J connectivity index is 0.000000345. The van der Waals surface area contributed by atoms with Crippen LogP contribution in [0.1, 0.15) is 49.7 Å². The van der Waals surface area contributed by atoms with Gasteiger partial charge in [-0.25, -0.2) is 4.79 Å². The summed E-state index contributed by atoms with van der Waals surface area (Å²) in [6.45, 7) is 8.29. The summed E-state index contributed by atoms with van der Waals surface area (Å²) in [6.07, 6.45) is -3.45. The Labute approximate surface area is 160 Å². The van der Waals surface area contributed by atoms with Crippen molar-refractivity contribution in [2.24, 2.45) is 0 Å². The average molecular weight is 406 g/mol. The van der Waals surface area contributed by atoms with Crippen LogP contribution in [0, 0.1) is 0 Å². The molecular weight excluding hydrogens is 381 g/mol. The van der Waals surface area contributed by atoms with E-state index in [9.17, 15) is 18.0 Å². The summed E-state index contributed by atoms with van der Waals surface area (Å²) in [5.41, 5.74) is 3.55. The van der Waals surface area contributed by atoms with Crippen LogP contribution < -0.4 is 0 Å². The molecule has 158 valence electrons. The second-order valence-electron chi connectivity index (χ2n) is 7.07. The third kappa shape index (κ3) is 5.22. The molecule has 11 heteroatoms. The molecule has 8 nitrogen and oxygen atoms in total. The summed E-state index contributed by atoms with van der Waals surface area (Å²) < 4.78 is 33.8. The monoisotopic (exact) mass is 406 g/mol. The van der Waals surface area contributed by atoms with Crippen LogP contribution in [0.4, 0.5) is 13.2 Å². The minimum atomic E-state index is -5.08. The van der Waals surface area contributed by atoms with Gasteiger partial charge < -0.3 is 15.1 Å². The van der Waals surface area contributed by atoms with E-state index in [-0.39, 0.29) is 12.5 Å². The molecule has 2 aliphatic rings. The molecule has 0 aromatic carbocycles. The number of halogens is 3. The van der Waals surface area contributed by atoms with Gasteiger partial charge in [-0.1, -0.05) is 0 Å². The largest absolute Gasteiger partial charge is 0.490 e. The van der Waals surface area contributed by atoms with E-state index in [1.54, 1.807) is 0 Å². The highest BCUT2D eigenvalue weighted by Gasteiger charge is 2.38. The Kier molecular flexibility index (Phi) is 7.05. The van der Waals surface area contributed by atoms with E-state index >= 15 is 0 Å². The zero-order chi connectivity index (χ0) is 21.1. The molecule has 1 fully saturated rings. The molecule has 2 aliphatic heterocycles. The van der Waals surface area contributed by atoms with Gasteiger partial charge in [0.15, 0.2) is 0 Å². The highest BCUT2D eigenvalue weighted by atomic mass is 19.4. The van der Waals surface area contributed by atoms with Gasteiger partial charge in [0.1, 0.15) is 0 Å².